The molecular formula is C37H51F3O12S2. The summed E-state index contributed by atoms with van der Waals surface area (Å²) < 4.78 is 115. The van der Waals surface area contributed by atoms with Gasteiger partial charge >= 0.3 is 5.51 Å². The van der Waals surface area contributed by atoms with Crippen molar-refractivity contribution in [2.45, 2.75) is 82.5 Å². The molecule has 3 rings (SSSR count). The average molecular weight is 809 g/mol. The van der Waals surface area contributed by atoms with Crippen molar-refractivity contribution in [1.82, 2.24) is 0 Å². The first kappa shape index (κ1) is 46.1. The highest BCUT2D eigenvalue weighted by Gasteiger charge is 2.47. The second-order valence-electron chi connectivity index (χ2n) is 10.3. The number of halogens is 3. The van der Waals surface area contributed by atoms with Crippen LogP contribution >= 0.6 is 0 Å². The third-order valence-electron chi connectivity index (χ3n) is 6.61. The lowest BCUT2D eigenvalue weighted by atomic mass is 10.3. The summed E-state index contributed by atoms with van der Waals surface area (Å²) in [6, 6.07) is 11.5. The van der Waals surface area contributed by atoms with Gasteiger partial charge in [0.15, 0.2) is 44.6 Å². The second kappa shape index (κ2) is 22.3. The molecule has 0 spiro atoms. The van der Waals surface area contributed by atoms with Gasteiger partial charge in [0.25, 0.3) is 14.7 Å². The van der Waals surface area contributed by atoms with Crippen LogP contribution < -0.4 is 42.6 Å². The molecule has 0 N–H and O–H groups in total. The molecule has 0 aliphatic rings. The van der Waals surface area contributed by atoms with E-state index in [1.165, 1.54) is 0 Å². The fourth-order valence-electron chi connectivity index (χ4n) is 4.89. The Morgan fingerprint density at radius 2 is 0.611 bits per heavy atom. The van der Waals surface area contributed by atoms with E-state index in [9.17, 15) is 13.2 Å². The topological polar surface area (TPSA) is 140 Å². The molecule has 0 radical (unpaired) electrons. The zero-order chi connectivity index (χ0) is 40.5. The summed E-state index contributed by atoms with van der Waals surface area (Å²) in [5.41, 5.74) is -5.65. The van der Waals surface area contributed by atoms with Crippen LogP contribution in [-0.4, -0.2) is 77.9 Å². The van der Waals surface area contributed by atoms with Gasteiger partial charge in [-0.2, -0.15) is 13.2 Å². The monoisotopic (exact) mass is 808 g/mol. The molecule has 3 aromatic carbocycles. The first-order valence-corrected chi connectivity index (χ1v) is 20.3. The predicted molar refractivity (Wildman–Crippen MR) is 198 cm³/mol. The number of hydrogen-bond acceptors (Lipinski definition) is 12. The van der Waals surface area contributed by atoms with Gasteiger partial charge in [0.2, 0.25) is 0 Å². The van der Waals surface area contributed by atoms with Gasteiger partial charge in [-0.1, -0.05) is 0 Å². The molecule has 0 aromatic heterocycles. The fourth-order valence-corrected chi connectivity index (χ4v) is 7.42. The van der Waals surface area contributed by atoms with Gasteiger partial charge in [-0.15, -0.1) is 0 Å². The number of rotatable bonds is 21. The van der Waals surface area contributed by atoms with E-state index >= 15 is 0 Å². The maximum atomic E-state index is 10.7. The molecule has 0 saturated carbocycles. The lowest BCUT2D eigenvalue weighted by Gasteiger charge is -2.23. The van der Waals surface area contributed by atoms with Crippen LogP contribution in [0.4, 0.5) is 13.2 Å². The Morgan fingerprint density at radius 3 is 0.741 bits per heavy atom. The van der Waals surface area contributed by atoms with Gasteiger partial charge in [-0.25, -0.2) is 8.42 Å². The molecule has 17 heteroatoms. The predicted octanol–water partition coefficient (Wildman–Crippen LogP) is 8.42. The van der Waals surface area contributed by atoms with Crippen LogP contribution in [0.15, 0.2) is 51.1 Å². The summed E-state index contributed by atoms with van der Waals surface area (Å²) >= 11 is 0. The maximum absolute atomic E-state index is 10.7. The maximum Gasteiger partial charge on any atom is 0.485 e. The van der Waals surface area contributed by atoms with Crippen molar-refractivity contribution in [3.05, 3.63) is 36.4 Å². The van der Waals surface area contributed by atoms with E-state index in [1.54, 1.807) is 0 Å². The molecular weight excluding hydrogens is 758 g/mol. The quantitative estimate of drug-likeness (QED) is 0.0580. The Labute approximate surface area is 319 Å². The summed E-state index contributed by atoms with van der Waals surface area (Å²) in [4.78, 5) is 2.35. The van der Waals surface area contributed by atoms with Crippen molar-refractivity contribution in [2.24, 2.45) is 0 Å². The zero-order valence-electron chi connectivity index (χ0n) is 32.2. The summed E-state index contributed by atoms with van der Waals surface area (Å²) in [5.74, 6) is 5.59. The summed E-state index contributed by atoms with van der Waals surface area (Å²) in [5, 5.41) is 0. The molecule has 304 valence electrons. The van der Waals surface area contributed by atoms with E-state index in [4.69, 9.17) is 55.6 Å². The summed E-state index contributed by atoms with van der Waals surface area (Å²) in [6.07, 6.45) is 0. The lowest BCUT2D eigenvalue weighted by Crippen LogP contribution is -2.21. The zero-order valence-corrected chi connectivity index (χ0v) is 33.8. The van der Waals surface area contributed by atoms with E-state index in [-0.39, 0.29) is 0 Å². The minimum absolute atomic E-state index is 0.422. The molecule has 0 bridgehead atoms. The Morgan fingerprint density at radius 1 is 0.444 bits per heavy atom. The Hall–Kier alpha value is -4.09. The van der Waals surface area contributed by atoms with Gasteiger partial charge < -0.3 is 47.2 Å². The highest BCUT2D eigenvalue weighted by molar-refractivity contribution is 7.97. The highest BCUT2D eigenvalue weighted by atomic mass is 32.2. The van der Waals surface area contributed by atoms with Crippen LogP contribution in [0.5, 0.6) is 51.7 Å². The Balaban J connectivity index is 0.00000113. The minimum atomic E-state index is -6.09. The van der Waals surface area contributed by atoms with Crippen molar-refractivity contribution in [1.29, 1.82) is 0 Å². The fraction of sp³-hybridized carbons (Fsp3) is 0.514. The molecule has 0 aliphatic carbocycles. The second-order valence-corrected chi connectivity index (χ2v) is 13.6. The molecule has 3 aromatic rings. The van der Waals surface area contributed by atoms with E-state index in [2.05, 4.69) is 0 Å². The molecule has 12 nitrogen and oxygen atoms in total. The number of alkyl halides is 3. The summed E-state index contributed by atoms with van der Waals surface area (Å²) in [7, 11) is -7.14. The standard InChI is InChI=1S/C36H51O9S.CHF3O3S/c1-10-37-25-19-28(40-13-4)34(29(20-25)41-14-5)46(35-30(42-15-6)21-26(38-11-2)22-31(35)43-16-7)36-32(44-17-8)23-27(39-12-3)24-33(36)45-18-9;2-1(3,4)8(5,6)7/h19-24H,10-18H2,1-9H3;(H,5,6,7)/q+1;/p-1. The largest absolute Gasteiger partial charge is 0.741 e. The lowest BCUT2D eigenvalue weighted by molar-refractivity contribution is -0.0517. The van der Waals surface area contributed by atoms with Crippen LogP contribution in [-0.2, 0) is 21.0 Å². The van der Waals surface area contributed by atoms with E-state index in [0.29, 0.717) is 111 Å². The van der Waals surface area contributed by atoms with Crippen LogP contribution in [0.1, 0.15) is 62.3 Å². The van der Waals surface area contributed by atoms with Gasteiger partial charge in [-0.05, 0) is 62.3 Å². The van der Waals surface area contributed by atoms with Gasteiger partial charge in [-0.3, -0.25) is 0 Å². The van der Waals surface area contributed by atoms with Crippen LogP contribution in [0.2, 0.25) is 0 Å². The Bertz CT molecular complexity index is 1470. The van der Waals surface area contributed by atoms with Gasteiger partial charge in [0.1, 0.15) is 28.1 Å². The molecule has 54 heavy (non-hydrogen) atoms. The molecule has 0 saturated heterocycles. The first-order valence-electron chi connectivity index (χ1n) is 17.6. The molecule has 0 fully saturated rings. The smallest absolute Gasteiger partial charge is 0.485 e. The van der Waals surface area contributed by atoms with Crippen LogP contribution in [0.3, 0.4) is 0 Å². The third kappa shape index (κ3) is 12.5. The van der Waals surface area contributed by atoms with Crippen LogP contribution in [0, 0.1) is 0 Å². The van der Waals surface area contributed by atoms with E-state index in [1.807, 2.05) is 98.7 Å². The molecule has 0 heterocycles. The van der Waals surface area contributed by atoms with Crippen molar-refractivity contribution in [2.75, 3.05) is 59.5 Å². The van der Waals surface area contributed by atoms with Crippen molar-refractivity contribution >= 4 is 21.0 Å². The molecule has 0 aliphatic heterocycles. The van der Waals surface area contributed by atoms with E-state index < -0.39 is 26.5 Å². The highest BCUT2D eigenvalue weighted by Crippen LogP contribution is 2.55. The third-order valence-corrected chi connectivity index (χ3v) is 9.61. The van der Waals surface area contributed by atoms with Crippen molar-refractivity contribution in [3.8, 4) is 51.7 Å². The number of ether oxygens (including phenoxy) is 9. The molecule has 0 unspecified atom stereocenters. The average Bonchev–Trinajstić information content (AvgIpc) is 3.08. The van der Waals surface area contributed by atoms with Gasteiger partial charge in [0, 0.05) is 36.4 Å². The molecule has 0 amide bonds. The normalized spacial score (nSPS) is 11.3. The Kier molecular flexibility index (Phi) is 19.0. The number of benzene rings is 3. The van der Waals surface area contributed by atoms with E-state index in [0.717, 1.165) is 14.7 Å². The summed E-state index contributed by atoms with van der Waals surface area (Å²) in [6.45, 7) is 21.6. The first-order chi connectivity index (χ1) is 25.7. The van der Waals surface area contributed by atoms with Crippen molar-refractivity contribution < 1.29 is 68.8 Å². The minimum Gasteiger partial charge on any atom is -0.741 e. The molecule has 0 atom stereocenters. The number of hydrogen-bond donors (Lipinski definition) is 0. The van der Waals surface area contributed by atoms with Crippen LogP contribution in [0.25, 0.3) is 0 Å². The SMILES string of the molecule is CCOc1cc(OCC)c([S+](c2c(OCC)cc(OCC)cc2OCC)c2c(OCC)cc(OCC)cc2OCC)c(OCC)c1.O=S(=O)([O-])C(F)(F)F. The van der Waals surface area contributed by atoms with Gasteiger partial charge in [0.05, 0.1) is 59.5 Å². The van der Waals surface area contributed by atoms with Crippen molar-refractivity contribution in [3.63, 3.8) is 0 Å².